The number of para-hydroxylation sites is 1. The molecule has 1 aromatic carbocycles. The number of nitrogens with zero attached hydrogens (tertiary/aromatic N) is 1. The Morgan fingerprint density at radius 1 is 1.38 bits per heavy atom. The Labute approximate surface area is 100 Å². The molecule has 1 aromatic heterocycles. The van der Waals surface area contributed by atoms with Crippen LogP contribution in [0.2, 0.25) is 0 Å². The normalized spacial score (nSPS) is 21.4. The lowest BCUT2D eigenvalue weighted by Crippen LogP contribution is -2.30. The van der Waals surface area contributed by atoms with Crippen molar-refractivity contribution in [3.63, 3.8) is 0 Å². The quantitative estimate of drug-likeness (QED) is 0.814. The van der Waals surface area contributed by atoms with E-state index in [0.29, 0.717) is 6.04 Å². The average molecular weight is 232 g/mol. The van der Waals surface area contributed by atoms with Crippen LogP contribution in [0, 0.1) is 0 Å². The summed E-state index contributed by atoms with van der Waals surface area (Å²) in [4.78, 5) is 0. The standard InChI is InChI=1S/C13H16N2S/c1-15-8-11(12-9-16-7-6-14-12)10-4-2-3-5-13(10)15/h2-5,8,12,14H,6-7,9H2,1H3. The SMILES string of the molecule is Cn1cc(C2CSCCN2)c2ccccc21. The van der Waals surface area contributed by atoms with Crippen molar-refractivity contribution in [2.45, 2.75) is 6.04 Å². The van der Waals surface area contributed by atoms with E-state index in [2.05, 4.69) is 47.4 Å². The summed E-state index contributed by atoms with van der Waals surface area (Å²) < 4.78 is 2.23. The van der Waals surface area contributed by atoms with Crippen molar-refractivity contribution >= 4 is 22.7 Å². The maximum Gasteiger partial charge on any atom is 0.0481 e. The van der Waals surface area contributed by atoms with Gasteiger partial charge in [0.05, 0.1) is 0 Å². The first-order valence-electron chi connectivity index (χ1n) is 5.71. The molecular formula is C13H16N2S. The smallest absolute Gasteiger partial charge is 0.0481 e. The van der Waals surface area contributed by atoms with E-state index in [-0.39, 0.29) is 0 Å². The van der Waals surface area contributed by atoms with Crippen molar-refractivity contribution in [2.24, 2.45) is 7.05 Å². The van der Waals surface area contributed by atoms with Crippen LogP contribution in [0.1, 0.15) is 11.6 Å². The molecule has 2 nitrogen and oxygen atoms in total. The first kappa shape index (κ1) is 10.2. The van der Waals surface area contributed by atoms with Gasteiger partial charge in [0.15, 0.2) is 0 Å². The van der Waals surface area contributed by atoms with Crippen molar-refractivity contribution in [1.29, 1.82) is 0 Å². The highest BCUT2D eigenvalue weighted by Crippen LogP contribution is 2.29. The fraction of sp³-hybridized carbons (Fsp3) is 0.385. The maximum atomic E-state index is 3.61. The van der Waals surface area contributed by atoms with Gasteiger partial charge in [-0.05, 0) is 11.6 Å². The second-order valence-corrected chi connectivity index (χ2v) is 5.44. The average Bonchev–Trinajstić information content (AvgIpc) is 2.69. The molecular weight excluding hydrogens is 216 g/mol. The highest BCUT2D eigenvalue weighted by atomic mass is 32.2. The summed E-state index contributed by atoms with van der Waals surface area (Å²) in [5.74, 6) is 2.43. The van der Waals surface area contributed by atoms with Gasteiger partial charge in [-0.2, -0.15) is 11.8 Å². The fourth-order valence-corrected chi connectivity index (χ4v) is 3.38. The Morgan fingerprint density at radius 3 is 3.06 bits per heavy atom. The Kier molecular flexibility index (Phi) is 2.65. The van der Waals surface area contributed by atoms with Gasteiger partial charge in [0.1, 0.15) is 0 Å². The first-order valence-corrected chi connectivity index (χ1v) is 6.87. The van der Waals surface area contributed by atoms with Crippen molar-refractivity contribution < 1.29 is 0 Å². The molecule has 0 spiro atoms. The van der Waals surface area contributed by atoms with E-state index >= 15 is 0 Å². The van der Waals surface area contributed by atoms with E-state index in [9.17, 15) is 0 Å². The van der Waals surface area contributed by atoms with Crippen molar-refractivity contribution in [3.8, 4) is 0 Å². The van der Waals surface area contributed by atoms with Gasteiger partial charge in [-0.25, -0.2) is 0 Å². The Hall–Kier alpha value is -0.930. The number of fused-ring (bicyclic) bond motifs is 1. The molecule has 3 rings (SSSR count). The number of benzene rings is 1. The van der Waals surface area contributed by atoms with Crippen LogP contribution in [0.15, 0.2) is 30.5 Å². The summed E-state index contributed by atoms with van der Waals surface area (Å²) in [5.41, 5.74) is 2.78. The van der Waals surface area contributed by atoms with E-state index in [4.69, 9.17) is 0 Å². The molecule has 3 heteroatoms. The van der Waals surface area contributed by atoms with Gasteiger partial charge in [-0.3, -0.25) is 0 Å². The van der Waals surface area contributed by atoms with Crippen LogP contribution in [0.25, 0.3) is 10.9 Å². The summed E-state index contributed by atoms with van der Waals surface area (Å²) >= 11 is 2.04. The second kappa shape index (κ2) is 4.15. The van der Waals surface area contributed by atoms with Crippen LogP contribution >= 0.6 is 11.8 Å². The van der Waals surface area contributed by atoms with E-state index in [1.807, 2.05) is 11.8 Å². The number of nitrogens with one attached hydrogen (secondary N) is 1. The van der Waals surface area contributed by atoms with Gasteiger partial charge >= 0.3 is 0 Å². The second-order valence-electron chi connectivity index (χ2n) is 4.29. The number of thioether (sulfide) groups is 1. The van der Waals surface area contributed by atoms with Gasteiger partial charge in [0.2, 0.25) is 0 Å². The fourth-order valence-electron chi connectivity index (χ4n) is 2.42. The van der Waals surface area contributed by atoms with Gasteiger partial charge in [-0.15, -0.1) is 0 Å². The molecule has 2 aromatic rings. The Bertz CT molecular complexity index is 498. The number of aromatic nitrogens is 1. The number of hydrogen-bond acceptors (Lipinski definition) is 2. The minimum absolute atomic E-state index is 0.518. The van der Waals surface area contributed by atoms with Crippen LogP contribution in [-0.2, 0) is 7.05 Å². The lowest BCUT2D eigenvalue weighted by Gasteiger charge is -2.22. The molecule has 1 unspecified atom stereocenters. The summed E-state index contributed by atoms with van der Waals surface area (Å²) in [6.07, 6.45) is 2.27. The molecule has 1 saturated heterocycles. The molecule has 0 aliphatic carbocycles. The molecule has 1 fully saturated rings. The van der Waals surface area contributed by atoms with Gasteiger partial charge in [-0.1, -0.05) is 18.2 Å². The van der Waals surface area contributed by atoms with E-state index in [1.54, 1.807) is 0 Å². The molecule has 0 amide bonds. The van der Waals surface area contributed by atoms with Gasteiger partial charge < -0.3 is 9.88 Å². The summed E-state index contributed by atoms with van der Waals surface area (Å²) in [6.45, 7) is 1.12. The van der Waals surface area contributed by atoms with E-state index in [0.717, 1.165) is 6.54 Å². The first-order chi connectivity index (χ1) is 7.86. The van der Waals surface area contributed by atoms with Crippen LogP contribution in [0.5, 0.6) is 0 Å². The van der Waals surface area contributed by atoms with Gasteiger partial charge in [0, 0.05) is 48.2 Å². The molecule has 1 aliphatic heterocycles. The zero-order valence-corrected chi connectivity index (χ0v) is 10.3. The topological polar surface area (TPSA) is 17.0 Å². The molecule has 1 N–H and O–H groups in total. The lowest BCUT2D eigenvalue weighted by molar-refractivity contribution is 0.597. The third kappa shape index (κ3) is 1.64. The van der Waals surface area contributed by atoms with E-state index in [1.165, 1.54) is 28.0 Å². The molecule has 16 heavy (non-hydrogen) atoms. The zero-order chi connectivity index (χ0) is 11.0. The molecule has 1 atom stereocenters. The molecule has 2 heterocycles. The molecule has 0 bridgehead atoms. The van der Waals surface area contributed by atoms with Crippen LogP contribution in [-0.4, -0.2) is 22.6 Å². The molecule has 1 aliphatic rings. The third-order valence-corrected chi connectivity index (χ3v) is 4.29. The number of aryl methyl sites for hydroxylation is 1. The third-order valence-electron chi connectivity index (χ3n) is 3.22. The van der Waals surface area contributed by atoms with Gasteiger partial charge in [0.25, 0.3) is 0 Å². The van der Waals surface area contributed by atoms with Crippen LogP contribution < -0.4 is 5.32 Å². The summed E-state index contributed by atoms with van der Waals surface area (Å²) in [7, 11) is 2.13. The predicted molar refractivity (Wildman–Crippen MR) is 71.0 cm³/mol. The number of hydrogen-bond donors (Lipinski definition) is 1. The molecule has 84 valence electrons. The number of rotatable bonds is 1. The zero-order valence-electron chi connectivity index (χ0n) is 9.44. The Balaban J connectivity index is 2.08. The van der Waals surface area contributed by atoms with E-state index < -0.39 is 0 Å². The minimum atomic E-state index is 0.518. The monoisotopic (exact) mass is 232 g/mol. The Morgan fingerprint density at radius 2 is 2.25 bits per heavy atom. The van der Waals surface area contributed by atoms with Crippen molar-refractivity contribution in [2.75, 3.05) is 18.1 Å². The highest BCUT2D eigenvalue weighted by Gasteiger charge is 2.18. The minimum Gasteiger partial charge on any atom is -0.350 e. The summed E-state index contributed by atoms with van der Waals surface area (Å²) in [5, 5.41) is 5.00. The maximum absolute atomic E-state index is 3.61. The largest absolute Gasteiger partial charge is 0.350 e. The predicted octanol–water partition coefficient (Wildman–Crippen LogP) is 2.56. The lowest BCUT2D eigenvalue weighted by atomic mass is 10.1. The van der Waals surface area contributed by atoms with Crippen LogP contribution in [0.4, 0.5) is 0 Å². The highest BCUT2D eigenvalue weighted by molar-refractivity contribution is 7.99. The summed E-state index contributed by atoms with van der Waals surface area (Å²) in [6, 6.07) is 9.17. The van der Waals surface area contributed by atoms with Crippen molar-refractivity contribution in [1.82, 2.24) is 9.88 Å². The van der Waals surface area contributed by atoms with Crippen LogP contribution in [0.3, 0.4) is 0 Å². The van der Waals surface area contributed by atoms with Crippen molar-refractivity contribution in [3.05, 3.63) is 36.0 Å². The molecule has 0 radical (unpaired) electrons. The molecule has 0 saturated carbocycles.